The van der Waals surface area contributed by atoms with Crippen molar-refractivity contribution >= 4 is 35.4 Å². The van der Waals surface area contributed by atoms with Gasteiger partial charge in [-0.1, -0.05) is 0 Å². The lowest BCUT2D eigenvalue weighted by molar-refractivity contribution is -0.102. The van der Waals surface area contributed by atoms with Crippen LogP contribution in [0.5, 0.6) is 0 Å². The molecule has 3 heterocycles. The number of rotatable bonds is 10. The summed E-state index contributed by atoms with van der Waals surface area (Å²) in [4.78, 5) is 43.5. The first-order valence-corrected chi connectivity index (χ1v) is 14.3. The van der Waals surface area contributed by atoms with E-state index in [0.29, 0.717) is 41.4 Å². The van der Waals surface area contributed by atoms with Gasteiger partial charge in [0.1, 0.15) is 12.0 Å². The molecule has 0 spiro atoms. The van der Waals surface area contributed by atoms with E-state index in [1.54, 1.807) is 18.1 Å². The molecule has 3 aromatic rings. The summed E-state index contributed by atoms with van der Waals surface area (Å²) >= 11 is 1.64. The van der Waals surface area contributed by atoms with Gasteiger partial charge < -0.3 is 10.2 Å². The van der Waals surface area contributed by atoms with E-state index in [9.17, 15) is 4.79 Å². The number of carbonyl (C=O) groups is 1. The summed E-state index contributed by atoms with van der Waals surface area (Å²) in [7, 11) is 2.05. The van der Waals surface area contributed by atoms with Gasteiger partial charge in [-0.15, -0.1) is 11.8 Å². The molecule has 0 radical (unpaired) electrons. The van der Waals surface area contributed by atoms with Crippen LogP contribution in [-0.2, 0) is 11.3 Å². The molecule has 2 aliphatic carbocycles. The Hall–Kier alpha value is -3.40. The Morgan fingerprint density at radius 3 is 2.58 bits per heavy atom. The summed E-state index contributed by atoms with van der Waals surface area (Å²) in [6.45, 7) is 6.51. The number of nitrogens with one attached hydrogen (secondary N) is 1. The number of aryl methyl sites for hydroxylation is 2. The normalized spacial score (nSPS) is 16.3. The summed E-state index contributed by atoms with van der Waals surface area (Å²) in [5.41, 5.74) is 4.92. The number of carbonyl (C=O) groups excluding carboxylic acids is 1. The molecule has 9 nitrogen and oxygen atoms in total. The number of anilines is 1. The number of aliphatic imine (C=N–C) groups is 1. The minimum absolute atomic E-state index is 0.215. The Kier molecular flexibility index (Phi) is 7.69. The van der Waals surface area contributed by atoms with E-state index in [-0.39, 0.29) is 11.9 Å². The fraction of sp³-hybridized carbons (Fsp3) is 0.464. The van der Waals surface area contributed by atoms with Crippen molar-refractivity contribution in [1.82, 2.24) is 30.2 Å². The van der Waals surface area contributed by atoms with Crippen LogP contribution in [0.25, 0.3) is 11.4 Å². The second-order valence-electron chi connectivity index (χ2n) is 10.1. The zero-order chi connectivity index (χ0) is 26.8. The molecule has 10 heteroatoms. The van der Waals surface area contributed by atoms with Crippen molar-refractivity contribution in [2.24, 2.45) is 10.9 Å². The van der Waals surface area contributed by atoms with Crippen LogP contribution in [0, 0.1) is 19.8 Å². The Bertz CT molecular complexity index is 1350. The summed E-state index contributed by atoms with van der Waals surface area (Å²) < 4.78 is 0. The second-order valence-corrected chi connectivity index (χ2v) is 11.0. The first-order valence-electron chi connectivity index (χ1n) is 13.1. The molecule has 198 valence electrons. The minimum atomic E-state index is 0.215. The number of hydrogen-bond donors (Lipinski definition) is 1. The van der Waals surface area contributed by atoms with Crippen LogP contribution in [0.3, 0.4) is 0 Å². The smallest absolute Gasteiger partial charge is 0.185 e. The van der Waals surface area contributed by atoms with Gasteiger partial charge in [0.05, 0.1) is 34.9 Å². The average Bonchev–Trinajstić information content (AvgIpc) is 3.84. The lowest BCUT2D eigenvalue weighted by Crippen LogP contribution is -2.32. The van der Waals surface area contributed by atoms with Crippen LogP contribution in [0.2, 0.25) is 0 Å². The van der Waals surface area contributed by atoms with Crippen LogP contribution in [0.1, 0.15) is 61.3 Å². The van der Waals surface area contributed by atoms with Crippen LogP contribution < -0.4 is 10.2 Å². The zero-order valence-corrected chi connectivity index (χ0v) is 23.4. The van der Waals surface area contributed by atoms with Crippen molar-refractivity contribution in [3.05, 3.63) is 47.4 Å². The largest absolute Gasteiger partial charge is 0.362 e. The van der Waals surface area contributed by atoms with E-state index < -0.39 is 0 Å². The van der Waals surface area contributed by atoms with Gasteiger partial charge >= 0.3 is 0 Å². The topological polar surface area (TPSA) is 109 Å². The highest BCUT2D eigenvalue weighted by atomic mass is 32.2. The minimum Gasteiger partial charge on any atom is -0.362 e. The van der Waals surface area contributed by atoms with Gasteiger partial charge in [0.25, 0.3) is 0 Å². The zero-order valence-electron chi connectivity index (χ0n) is 22.6. The molecule has 1 N–H and O–H groups in total. The number of amidine groups is 1. The summed E-state index contributed by atoms with van der Waals surface area (Å²) in [6, 6.07) is 4.25. The molecular weight excluding hydrogens is 496 g/mol. The number of nitrogens with zero attached hydrogens (tertiary/aromatic N) is 7. The number of thioether (sulfide) groups is 1. The molecule has 0 bridgehead atoms. The molecule has 38 heavy (non-hydrogen) atoms. The molecule has 0 aliphatic heterocycles. The van der Waals surface area contributed by atoms with Gasteiger partial charge in [-0.05, 0) is 70.8 Å². The Morgan fingerprint density at radius 1 is 1.16 bits per heavy atom. The van der Waals surface area contributed by atoms with Crippen molar-refractivity contribution < 1.29 is 4.79 Å². The van der Waals surface area contributed by atoms with Crippen LogP contribution >= 0.6 is 11.8 Å². The Labute approximate surface area is 228 Å². The monoisotopic (exact) mass is 530 g/mol. The number of aromatic nitrogens is 5. The molecule has 0 aromatic carbocycles. The highest BCUT2D eigenvalue weighted by molar-refractivity contribution is 7.98. The van der Waals surface area contributed by atoms with Gasteiger partial charge in [-0.3, -0.25) is 9.78 Å². The third-order valence-electron chi connectivity index (χ3n) is 7.37. The van der Waals surface area contributed by atoms with Crippen LogP contribution in [0.4, 0.5) is 11.5 Å². The maximum atomic E-state index is 12.0. The van der Waals surface area contributed by atoms with Crippen LogP contribution in [0.15, 0.2) is 34.5 Å². The Morgan fingerprint density at radius 2 is 1.95 bits per heavy atom. The number of hydrogen-bond acceptors (Lipinski definition) is 9. The molecule has 0 saturated heterocycles. The molecule has 2 fully saturated rings. The lowest BCUT2D eigenvalue weighted by Gasteiger charge is -2.28. The fourth-order valence-electron chi connectivity index (χ4n) is 4.61. The van der Waals surface area contributed by atoms with E-state index >= 15 is 0 Å². The summed E-state index contributed by atoms with van der Waals surface area (Å²) in [6.07, 6.45) is 10.9. The lowest BCUT2D eigenvalue weighted by atomic mass is 10.1. The SMILES string of the molecule is CSc1ccc(CN/C(C=O)=N/c2c(C)nc(-c3c(C)ncnc3C3CC3)nc2N(C)[C@@H](C)C2CC2)nc1. The van der Waals surface area contributed by atoms with E-state index in [2.05, 4.69) is 39.1 Å². The molecule has 0 amide bonds. The number of pyridine rings is 1. The highest BCUT2D eigenvalue weighted by Crippen LogP contribution is 2.44. The molecule has 3 aromatic heterocycles. The van der Waals surface area contributed by atoms with Gasteiger partial charge in [-0.25, -0.2) is 24.9 Å². The molecule has 2 aliphatic rings. The van der Waals surface area contributed by atoms with Crippen LogP contribution in [-0.4, -0.2) is 56.4 Å². The van der Waals surface area contributed by atoms with Crippen molar-refractivity contribution in [3.8, 4) is 11.4 Å². The maximum absolute atomic E-state index is 12.0. The molecule has 0 unspecified atom stereocenters. The Balaban J connectivity index is 1.53. The van der Waals surface area contributed by atoms with Gasteiger partial charge in [0.15, 0.2) is 23.8 Å². The first-order chi connectivity index (χ1) is 18.4. The van der Waals surface area contributed by atoms with E-state index in [1.807, 2.05) is 38.4 Å². The quantitative estimate of drug-likeness (QED) is 0.171. The summed E-state index contributed by atoms with van der Waals surface area (Å²) in [5.74, 6) is 2.60. The fourth-order valence-corrected chi connectivity index (χ4v) is 4.97. The number of aldehydes is 1. The van der Waals surface area contributed by atoms with Crippen molar-refractivity contribution in [2.75, 3.05) is 18.2 Å². The first kappa shape index (κ1) is 26.2. The van der Waals surface area contributed by atoms with Crippen molar-refractivity contribution in [2.45, 2.75) is 69.9 Å². The highest BCUT2D eigenvalue weighted by Gasteiger charge is 2.34. The average molecular weight is 531 g/mol. The molecular formula is C28H34N8OS. The van der Waals surface area contributed by atoms with Crippen molar-refractivity contribution in [1.29, 1.82) is 0 Å². The predicted octanol–water partition coefficient (Wildman–Crippen LogP) is 4.80. The van der Waals surface area contributed by atoms with E-state index in [0.717, 1.165) is 46.7 Å². The second kappa shape index (κ2) is 11.1. The summed E-state index contributed by atoms with van der Waals surface area (Å²) in [5, 5.41) is 3.14. The van der Waals surface area contributed by atoms with Gasteiger partial charge in [-0.2, -0.15) is 0 Å². The van der Waals surface area contributed by atoms with Crippen molar-refractivity contribution in [3.63, 3.8) is 0 Å². The van der Waals surface area contributed by atoms with Gasteiger partial charge in [0, 0.05) is 30.1 Å². The predicted molar refractivity (Wildman–Crippen MR) is 151 cm³/mol. The molecule has 1 atom stereocenters. The van der Waals surface area contributed by atoms with E-state index in [1.165, 1.54) is 12.8 Å². The van der Waals surface area contributed by atoms with Gasteiger partial charge in [0.2, 0.25) is 0 Å². The third kappa shape index (κ3) is 5.70. The standard InChI is InChI=1S/C28H34N8OS/c1-16-24(26(20-8-9-20)32-15-31-16)27-33-17(2)25(28(35-27)36(4)18(3)19-6-7-19)34-23(14-37)30-12-21-10-11-22(38-5)13-29-21/h10-11,13-15,18-20H,6-9,12H2,1-5H3,(H,30,34)/t18-/m0/s1. The third-order valence-corrected chi connectivity index (χ3v) is 8.08. The maximum Gasteiger partial charge on any atom is 0.185 e. The molecule has 5 rings (SSSR count). The molecule has 2 saturated carbocycles. The van der Waals surface area contributed by atoms with E-state index in [4.69, 9.17) is 15.0 Å².